The van der Waals surface area contributed by atoms with Crippen LogP contribution >= 0.6 is 0 Å². The van der Waals surface area contributed by atoms with Gasteiger partial charge in [0, 0.05) is 13.5 Å². The van der Waals surface area contributed by atoms with Gasteiger partial charge in [-0.2, -0.15) is 0 Å². The number of carbonyl (C=O) groups is 3. The highest BCUT2D eigenvalue weighted by atomic mass is 16.4. The molecule has 1 aliphatic rings. The zero-order valence-corrected chi connectivity index (χ0v) is 10.3. The normalized spacial score (nSPS) is 19.4. The molecular weight excluding hydrogens is 250 g/mol. The maximum absolute atomic E-state index is 11.8. The van der Waals surface area contributed by atoms with Crippen LogP contribution in [0.2, 0.25) is 0 Å². The largest absolute Gasteiger partial charge is 0.477 e. The van der Waals surface area contributed by atoms with Gasteiger partial charge in [-0.1, -0.05) is 0 Å². The zero-order valence-electron chi connectivity index (χ0n) is 10.3. The molecule has 0 bridgehead atoms. The molecule has 1 aromatic heterocycles. The van der Waals surface area contributed by atoms with Crippen LogP contribution < -0.4 is 5.32 Å². The quantitative estimate of drug-likeness (QED) is 0.763. The second kappa shape index (κ2) is 5.05. The van der Waals surface area contributed by atoms with Crippen molar-refractivity contribution in [1.29, 1.82) is 0 Å². The number of rotatable bonds is 3. The van der Waals surface area contributed by atoms with Crippen molar-refractivity contribution in [2.24, 2.45) is 0 Å². The molecule has 1 saturated heterocycles. The number of hydrogen-bond donors (Lipinski definition) is 2. The van der Waals surface area contributed by atoms with E-state index in [0.29, 0.717) is 18.5 Å². The number of pyridine rings is 1. The smallest absolute Gasteiger partial charge is 0.354 e. The van der Waals surface area contributed by atoms with Gasteiger partial charge in [-0.15, -0.1) is 0 Å². The number of likely N-dealkylation sites (tertiary alicyclic amines) is 1. The highest BCUT2D eigenvalue weighted by molar-refractivity contribution is 6.01. The first-order valence-electron chi connectivity index (χ1n) is 5.75. The molecule has 1 aliphatic heterocycles. The SMILES string of the molecule is CN1C(=O)CCC(Nc2ccc(C(=O)O)nc2)C1=O. The molecule has 1 aromatic rings. The molecule has 2 rings (SSSR count). The lowest BCUT2D eigenvalue weighted by molar-refractivity contribution is -0.146. The van der Waals surface area contributed by atoms with E-state index in [-0.39, 0.29) is 17.5 Å². The van der Waals surface area contributed by atoms with Gasteiger partial charge >= 0.3 is 5.97 Å². The number of carbonyl (C=O) groups excluding carboxylic acids is 2. The number of aromatic nitrogens is 1. The lowest BCUT2D eigenvalue weighted by Gasteiger charge is -2.28. The maximum Gasteiger partial charge on any atom is 0.354 e. The number of imide groups is 1. The summed E-state index contributed by atoms with van der Waals surface area (Å²) in [6.45, 7) is 0. The summed E-state index contributed by atoms with van der Waals surface area (Å²) in [6, 6.07) is 2.41. The summed E-state index contributed by atoms with van der Waals surface area (Å²) in [5.41, 5.74) is 0.485. The molecule has 2 heterocycles. The van der Waals surface area contributed by atoms with Crippen molar-refractivity contribution in [1.82, 2.24) is 9.88 Å². The van der Waals surface area contributed by atoms with E-state index in [1.165, 1.54) is 19.3 Å². The van der Waals surface area contributed by atoms with Crippen LogP contribution in [0, 0.1) is 0 Å². The van der Waals surface area contributed by atoms with E-state index in [1.807, 2.05) is 0 Å². The van der Waals surface area contributed by atoms with Gasteiger partial charge in [0.1, 0.15) is 11.7 Å². The van der Waals surface area contributed by atoms with E-state index < -0.39 is 12.0 Å². The Labute approximate surface area is 109 Å². The van der Waals surface area contributed by atoms with Crippen LogP contribution in [0.1, 0.15) is 23.3 Å². The Morgan fingerprint density at radius 3 is 2.79 bits per heavy atom. The van der Waals surface area contributed by atoms with Crippen molar-refractivity contribution in [3.05, 3.63) is 24.0 Å². The Hall–Kier alpha value is -2.44. The minimum atomic E-state index is -1.11. The fourth-order valence-corrected chi connectivity index (χ4v) is 1.86. The Balaban J connectivity index is 2.07. The number of carboxylic acids is 1. The fourth-order valence-electron chi connectivity index (χ4n) is 1.86. The number of carboxylic acid groups (broad SMARTS) is 1. The topological polar surface area (TPSA) is 99.6 Å². The first kappa shape index (κ1) is 13.0. The first-order valence-corrected chi connectivity index (χ1v) is 5.75. The van der Waals surface area contributed by atoms with E-state index in [9.17, 15) is 14.4 Å². The van der Waals surface area contributed by atoms with Crippen LogP contribution in [-0.4, -0.2) is 45.9 Å². The predicted octanol–water partition coefficient (Wildman–Crippen LogP) is 0.339. The zero-order chi connectivity index (χ0) is 14.0. The summed E-state index contributed by atoms with van der Waals surface area (Å²) in [7, 11) is 1.45. The third-order valence-electron chi connectivity index (χ3n) is 2.97. The summed E-state index contributed by atoms with van der Waals surface area (Å²) in [6.07, 6.45) is 2.08. The Kier molecular flexibility index (Phi) is 3.46. The molecule has 1 unspecified atom stereocenters. The molecule has 0 aliphatic carbocycles. The molecule has 0 saturated carbocycles. The first-order chi connectivity index (χ1) is 8.99. The van der Waals surface area contributed by atoms with Crippen LogP contribution in [0.15, 0.2) is 18.3 Å². The van der Waals surface area contributed by atoms with E-state index >= 15 is 0 Å². The number of hydrogen-bond acceptors (Lipinski definition) is 5. The number of likely N-dealkylation sites (N-methyl/N-ethyl adjacent to an activating group) is 1. The molecule has 2 N–H and O–H groups in total. The molecule has 1 fully saturated rings. The number of nitrogens with one attached hydrogen (secondary N) is 1. The third-order valence-corrected chi connectivity index (χ3v) is 2.97. The number of amides is 2. The highest BCUT2D eigenvalue weighted by Crippen LogP contribution is 2.16. The minimum absolute atomic E-state index is 0.0622. The van der Waals surface area contributed by atoms with Crippen LogP contribution in [0.3, 0.4) is 0 Å². The molecule has 0 radical (unpaired) electrons. The summed E-state index contributed by atoms with van der Waals surface area (Å²) < 4.78 is 0. The van der Waals surface area contributed by atoms with E-state index in [1.54, 1.807) is 6.07 Å². The average molecular weight is 263 g/mol. The van der Waals surface area contributed by atoms with Gasteiger partial charge in [0.2, 0.25) is 5.91 Å². The van der Waals surface area contributed by atoms with Gasteiger partial charge in [0.15, 0.2) is 0 Å². The summed E-state index contributed by atoms with van der Waals surface area (Å²) in [5.74, 6) is -1.59. The molecule has 100 valence electrons. The summed E-state index contributed by atoms with van der Waals surface area (Å²) in [4.78, 5) is 38.7. The van der Waals surface area contributed by atoms with Gasteiger partial charge in [0.25, 0.3) is 5.91 Å². The lowest BCUT2D eigenvalue weighted by atomic mass is 10.0. The van der Waals surface area contributed by atoms with Gasteiger partial charge in [-0.05, 0) is 18.6 Å². The molecule has 0 spiro atoms. The molecule has 2 amide bonds. The number of piperidine rings is 1. The van der Waals surface area contributed by atoms with Gasteiger partial charge in [0.05, 0.1) is 11.9 Å². The van der Waals surface area contributed by atoms with Gasteiger partial charge in [-0.3, -0.25) is 14.5 Å². The Bertz CT molecular complexity index is 526. The van der Waals surface area contributed by atoms with E-state index in [4.69, 9.17) is 5.11 Å². The van der Waals surface area contributed by atoms with Crippen molar-refractivity contribution in [2.45, 2.75) is 18.9 Å². The monoisotopic (exact) mass is 263 g/mol. The molecule has 1 atom stereocenters. The van der Waals surface area contributed by atoms with Gasteiger partial charge in [-0.25, -0.2) is 9.78 Å². The maximum atomic E-state index is 11.8. The molecular formula is C12H13N3O4. The van der Waals surface area contributed by atoms with Crippen molar-refractivity contribution in [2.75, 3.05) is 12.4 Å². The summed E-state index contributed by atoms with van der Waals surface area (Å²) in [5, 5.41) is 11.7. The van der Waals surface area contributed by atoms with Crippen LogP contribution in [0.4, 0.5) is 5.69 Å². The van der Waals surface area contributed by atoms with Crippen molar-refractivity contribution >= 4 is 23.5 Å². The van der Waals surface area contributed by atoms with Crippen LogP contribution in [0.5, 0.6) is 0 Å². The highest BCUT2D eigenvalue weighted by Gasteiger charge is 2.31. The van der Waals surface area contributed by atoms with Crippen LogP contribution in [-0.2, 0) is 9.59 Å². The fraction of sp³-hybridized carbons (Fsp3) is 0.333. The molecule has 19 heavy (non-hydrogen) atoms. The summed E-state index contributed by atoms with van der Waals surface area (Å²) >= 11 is 0. The number of anilines is 1. The van der Waals surface area contributed by atoms with E-state index in [2.05, 4.69) is 10.3 Å². The predicted molar refractivity (Wildman–Crippen MR) is 65.6 cm³/mol. The van der Waals surface area contributed by atoms with Crippen molar-refractivity contribution in [3.63, 3.8) is 0 Å². The second-order valence-corrected chi connectivity index (χ2v) is 4.26. The Morgan fingerprint density at radius 2 is 2.21 bits per heavy atom. The molecule has 0 aromatic carbocycles. The standard InChI is InChI=1S/C12H13N3O4/c1-15-10(16)5-4-8(11(15)17)14-7-2-3-9(12(18)19)13-6-7/h2-3,6,8,14H,4-5H2,1H3,(H,18,19). The number of nitrogens with zero attached hydrogens (tertiary/aromatic N) is 2. The van der Waals surface area contributed by atoms with Crippen molar-refractivity contribution in [3.8, 4) is 0 Å². The number of aromatic carboxylic acids is 1. The van der Waals surface area contributed by atoms with Gasteiger partial charge < -0.3 is 10.4 Å². The lowest BCUT2D eigenvalue weighted by Crippen LogP contribution is -2.48. The molecule has 7 heteroatoms. The van der Waals surface area contributed by atoms with E-state index in [0.717, 1.165) is 4.90 Å². The Morgan fingerprint density at radius 1 is 1.47 bits per heavy atom. The third kappa shape index (κ3) is 2.70. The minimum Gasteiger partial charge on any atom is -0.477 e. The second-order valence-electron chi connectivity index (χ2n) is 4.26. The average Bonchev–Trinajstić information content (AvgIpc) is 2.40. The molecule has 7 nitrogen and oxygen atoms in total. The van der Waals surface area contributed by atoms with Crippen molar-refractivity contribution < 1.29 is 19.5 Å². The van der Waals surface area contributed by atoms with Crippen LogP contribution in [0.25, 0.3) is 0 Å².